The second-order valence-electron chi connectivity index (χ2n) is 4.47. The number of anilines is 1. The van der Waals surface area contributed by atoms with E-state index in [-0.39, 0.29) is 0 Å². The first-order valence-corrected chi connectivity index (χ1v) is 6.47. The van der Waals surface area contributed by atoms with Crippen LogP contribution in [0.25, 0.3) is 0 Å². The molecule has 0 saturated carbocycles. The lowest BCUT2D eigenvalue weighted by molar-refractivity contribution is 0.194. The highest BCUT2D eigenvalue weighted by Crippen LogP contribution is 2.17. The minimum atomic E-state index is 0.564. The number of nitrogen functional groups attached to an aromatic ring is 1. The van der Waals surface area contributed by atoms with Crippen LogP contribution < -0.4 is 5.73 Å². The third-order valence-corrected chi connectivity index (χ3v) is 3.74. The lowest BCUT2D eigenvalue weighted by Crippen LogP contribution is -2.37. The van der Waals surface area contributed by atoms with E-state index >= 15 is 0 Å². The van der Waals surface area contributed by atoms with E-state index in [4.69, 9.17) is 5.73 Å². The molecule has 90 valence electrons. The maximum atomic E-state index is 5.59. The van der Waals surface area contributed by atoms with E-state index in [1.54, 1.807) is 0 Å². The fourth-order valence-electron chi connectivity index (χ4n) is 2.16. The van der Waals surface area contributed by atoms with Crippen molar-refractivity contribution in [2.45, 2.75) is 25.9 Å². The topological polar surface area (TPSA) is 58.3 Å². The molecule has 1 aliphatic heterocycles. The highest BCUT2D eigenvalue weighted by atomic mass is 32.1. The molecule has 0 amide bonds. The fourth-order valence-corrected chi connectivity index (χ4v) is 2.80. The van der Waals surface area contributed by atoms with Crippen LogP contribution in [-0.2, 0) is 6.54 Å². The van der Waals surface area contributed by atoms with Crippen LogP contribution in [0.3, 0.4) is 0 Å². The standard InChI is InChI=1S/C10H19N5S/c1-8-6-14(2)4-3-5-15(8)7-9-12-13-10(11)16-9/h8H,3-7H2,1-2H3,(H2,11,13). The lowest BCUT2D eigenvalue weighted by atomic mass is 10.3. The van der Waals surface area contributed by atoms with Crippen molar-refractivity contribution in [2.75, 3.05) is 32.4 Å². The van der Waals surface area contributed by atoms with Crippen molar-refractivity contribution in [3.8, 4) is 0 Å². The molecule has 1 unspecified atom stereocenters. The smallest absolute Gasteiger partial charge is 0.203 e. The monoisotopic (exact) mass is 241 g/mol. The Morgan fingerprint density at radius 2 is 2.25 bits per heavy atom. The van der Waals surface area contributed by atoms with Crippen LogP contribution >= 0.6 is 11.3 Å². The van der Waals surface area contributed by atoms with Gasteiger partial charge in [0.25, 0.3) is 0 Å². The SMILES string of the molecule is CC1CN(C)CCCN1Cc1nnc(N)s1. The van der Waals surface area contributed by atoms with E-state index < -0.39 is 0 Å². The minimum Gasteiger partial charge on any atom is -0.374 e. The maximum Gasteiger partial charge on any atom is 0.203 e. The van der Waals surface area contributed by atoms with E-state index in [1.807, 2.05) is 0 Å². The van der Waals surface area contributed by atoms with Crippen molar-refractivity contribution >= 4 is 16.5 Å². The summed E-state index contributed by atoms with van der Waals surface area (Å²) in [5.74, 6) is 0. The summed E-state index contributed by atoms with van der Waals surface area (Å²) in [4.78, 5) is 4.85. The molecule has 1 atom stereocenters. The van der Waals surface area contributed by atoms with Gasteiger partial charge >= 0.3 is 0 Å². The van der Waals surface area contributed by atoms with Crippen molar-refractivity contribution in [3.63, 3.8) is 0 Å². The zero-order chi connectivity index (χ0) is 11.5. The fraction of sp³-hybridized carbons (Fsp3) is 0.800. The van der Waals surface area contributed by atoms with Crippen molar-refractivity contribution in [1.82, 2.24) is 20.0 Å². The van der Waals surface area contributed by atoms with E-state index in [0.717, 1.165) is 24.6 Å². The largest absolute Gasteiger partial charge is 0.374 e. The molecule has 2 N–H and O–H groups in total. The van der Waals surface area contributed by atoms with E-state index in [1.165, 1.54) is 24.3 Å². The van der Waals surface area contributed by atoms with E-state index in [0.29, 0.717) is 11.2 Å². The van der Waals surface area contributed by atoms with Crippen LogP contribution in [0, 0.1) is 0 Å². The number of hydrogen-bond donors (Lipinski definition) is 1. The first-order valence-electron chi connectivity index (χ1n) is 5.65. The van der Waals surface area contributed by atoms with Crippen LogP contribution in [0.1, 0.15) is 18.4 Å². The number of nitrogens with two attached hydrogens (primary N) is 1. The maximum absolute atomic E-state index is 5.59. The highest BCUT2D eigenvalue weighted by Gasteiger charge is 2.20. The molecule has 0 aliphatic carbocycles. The molecule has 2 heterocycles. The molecule has 1 saturated heterocycles. The van der Waals surface area contributed by atoms with Gasteiger partial charge in [0.15, 0.2) is 0 Å². The molecule has 0 bridgehead atoms. The zero-order valence-corrected chi connectivity index (χ0v) is 10.7. The van der Waals surface area contributed by atoms with Crippen molar-refractivity contribution in [1.29, 1.82) is 0 Å². The molecule has 1 aliphatic rings. The zero-order valence-electron chi connectivity index (χ0n) is 9.89. The van der Waals surface area contributed by atoms with Gasteiger partial charge in [-0.1, -0.05) is 11.3 Å². The Kier molecular flexibility index (Phi) is 3.73. The van der Waals surface area contributed by atoms with Gasteiger partial charge in [0, 0.05) is 19.1 Å². The summed E-state index contributed by atoms with van der Waals surface area (Å²) in [6, 6.07) is 0.567. The van der Waals surface area contributed by atoms with Crippen LogP contribution in [-0.4, -0.2) is 52.7 Å². The average Bonchev–Trinajstić information content (AvgIpc) is 2.55. The number of rotatable bonds is 2. The third-order valence-electron chi connectivity index (χ3n) is 3.01. The van der Waals surface area contributed by atoms with Crippen LogP contribution in [0.15, 0.2) is 0 Å². The molecular weight excluding hydrogens is 222 g/mol. The summed E-state index contributed by atoms with van der Waals surface area (Å²) in [5.41, 5.74) is 5.59. The Morgan fingerprint density at radius 1 is 1.44 bits per heavy atom. The Bertz CT molecular complexity index is 340. The molecule has 0 aromatic carbocycles. The second kappa shape index (κ2) is 5.07. The van der Waals surface area contributed by atoms with Crippen LogP contribution in [0.4, 0.5) is 5.13 Å². The van der Waals surface area contributed by atoms with E-state index in [9.17, 15) is 0 Å². The summed E-state index contributed by atoms with van der Waals surface area (Å²) in [6.45, 7) is 6.58. The molecule has 6 heteroatoms. The molecule has 1 fully saturated rings. The van der Waals surface area contributed by atoms with Crippen LogP contribution in [0.5, 0.6) is 0 Å². The Balaban J connectivity index is 1.97. The molecule has 16 heavy (non-hydrogen) atoms. The molecular formula is C10H19N5S. The molecule has 1 aromatic heterocycles. The summed E-state index contributed by atoms with van der Waals surface area (Å²) < 4.78 is 0. The first kappa shape index (κ1) is 11.8. The van der Waals surface area contributed by atoms with Gasteiger partial charge in [-0.2, -0.15) is 0 Å². The predicted octanol–water partition coefficient (Wildman–Crippen LogP) is 0.646. The number of likely N-dealkylation sites (N-methyl/N-ethyl adjacent to an activating group) is 1. The van der Waals surface area contributed by atoms with Gasteiger partial charge < -0.3 is 10.6 Å². The average molecular weight is 241 g/mol. The Labute approximate surface area is 100 Å². The summed E-state index contributed by atoms with van der Waals surface area (Å²) in [7, 11) is 2.18. The molecule has 0 spiro atoms. The van der Waals surface area contributed by atoms with Gasteiger partial charge in [0.2, 0.25) is 5.13 Å². The van der Waals surface area contributed by atoms with E-state index in [2.05, 4.69) is 34.0 Å². The van der Waals surface area contributed by atoms with Crippen molar-refractivity contribution in [2.24, 2.45) is 0 Å². The number of aromatic nitrogens is 2. The minimum absolute atomic E-state index is 0.564. The molecule has 5 nitrogen and oxygen atoms in total. The molecule has 2 rings (SSSR count). The lowest BCUT2D eigenvalue weighted by Gasteiger charge is -2.26. The first-order chi connectivity index (χ1) is 7.65. The Hall–Kier alpha value is -0.720. The van der Waals surface area contributed by atoms with Gasteiger partial charge in [-0.05, 0) is 26.9 Å². The van der Waals surface area contributed by atoms with Gasteiger partial charge in [0.1, 0.15) is 5.01 Å². The summed E-state index contributed by atoms with van der Waals surface area (Å²) in [5, 5.41) is 9.52. The normalized spacial score (nSPS) is 24.5. The van der Waals surface area contributed by atoms with Gasteiger partial charge in [-0.15, -0.1) is 10.2 Å². The van der Waals surface area contributed by atoms with Crippen molar-refractivity contribution < 1.29 is 0 Å². The third kappa shape index (κ3) is 2.90. The van der Waals surface area contributed by atoms with Crippen molar-refractivity contribution in [3.05, 3.63) is 5.01 Å². The van der Waals surface area contributed by atoms with Crippen LogP contribution in [0.2, 0.25) is 0 Å². The quantitative estimate of drug-likeness (QED) is 0.823. The van der Waals surface area contributed by atoms with Gasteiger partial charge in [-0.3, -0.25) is 4.90 Å². The summed E-state index contributed by atoms with van der Waals surface area (Å²) >= 11 is 1.49. The molecule has 0 radical (unpaired) electrons. The number of hydrogen-bond acceptors (Lipinski definition) is 6. The Morgan fingerprint density at radius 3 is 2.94 bits per heavy atom. The van der Waals surface area contributed by atoms with Gasteiger partial charge in [-0.25, -0.2) is 0 Å². The molecule has 1 aromatic rings. The second-order valence-corrected chi connectivity index (χ2v) is 5.56. The highest BCUT2D eigenvalue weighted by molar-refractivity contribution is 7.15. The van der Waals surface area contributed by atoms with Gasteiger partial charge in [0.05, 0.1) is 6.54 Å². The number of nitrogens with zero attached hydrogens (tertiary/aromatic N) is 4. The summed E-state index contributed by atoms with van der Waals surface area (Å²) in [6.07, 6.45) is 1.22. The predicted molar refractivity (Wildman–Crippen MR) is 66.3 cm³/mol.